The monoisotopic (exact) mass is 285 g/mol. The zero-order valence-corrected chi connectivity index (χ0v) is 12.7. The summed E-state index contributed by atoms with van der Waals surface area (Å²) in [6, 6.07) is 2.21. The van der Waals surface area contributed by atoms with Gasteiger partial charge in [-0.15, -0.1) is 12.3 Å². The Morgan fingerprint density at radius 1 is 1.57 bits per heavy atom. The van der Waals surface area contributed by atoms with E-state index in [0.29, 0.717) is 12.5 Å². The number of hydrogen-bond donors (Lipinski definition) is 0. The minimum Gasteiger partial charge on any atom is -0.330 e. The molecule has 0 spiro atoms. The van der Waals surface area contributed by atoms with Crippen LogP contribution in [0.2, 0.25) is 0 Å². The van der Waals surface area contributed by atoms with Crippen LogP contribution in [0.5, 0.6) is 0 Å². The van der Waals surface area contributed by atoms with E-state index in [2.05, 4.69) is 17.6 Å². The Balaban J connectivity index is 2.06. The SMILES string of the molecule is C#CC1CCC(N(Cc2ccn(CC)n2)C(=O)C=C)CC1. The average molecular weight is 285 g/mol. The van der Waals surface area contributed by atoms with Crippen molar-refractivity contribution >= 4 is 5.91 Å². The molecule has 4 heteroatoms. The van der Waals surface area contributed by atoms with Gasteiger partial charge >= 0.3 is 0 Å². The summed E-state index contributed by atoms with van der Waals surface area (Å²) in [5, 5.41) is 4.47. The summed E-state index contributed by atoms with van der Waals surface area (Å²) in [5.74, 6) is 3.17. The Labute approximate surface area is 126 Å². The second-order valence-corrected chi connectivity index (χ2v) is 5.51. The third-order valence-electron chi connectivity index (χ3n) is 4.18. The van der Waals surface area contributed by atoms with E-state index in [9.17, 15) is 4.79 Å². The largest absolute Gasteiger partial charge is 0.330 e. The molecule has 0 unspecified atom stereocenters. The van der Waals surface area contributed by atoms with Crippen molar-refractivity contribution < 1.29 is 4.79 Å². The molecule has 1 aliphatic carbocycles. The average Bonchev–Trinajstić information content (AvgIpc) is 3.00. The molecule has 0 atom stereocenters. The van der Waals surface area contributed by atoms with Crippen LogP contribution in [0, 0.1) is 18.3 Å². The fourth-order valence-electron chi connectivity index (χ4n) is 2.90. The van der Waals surface area contributed by atoms with Gasteiger partial charge < -0.3 is 4.90 Å². The first-order valence-corrected chi connectivity index (χ1v) is 7.59. The van der Waals surface area contributed by atoms with Gasteiger partial charge in [0.2, 0.25) is 5.91 Å². The Bertz CT molecular complexity index is 532. The maximum Gasteiger partial charge on any atom is 0.246 e. The molecule has 0 aliphatic heterocycles. The molecule has 1 heterocycles. The van der Waals surface area contributed by atoms with Crippen molar-refractivity contribution in [2.75, 3.05) is 0 Å². The smallest absolute Gasteiger partial charge is 0.246 e. The minimum atomic E-state index is -0.0230. The molecule has 0 saturated heterocycles. The fourth-order valence-corrected chi connectivity index (χ4v) is 2.90. The van der Waals surface area contributed by atoms with Crippen molar-refractivity contribution in [3.8, 4) is 12.3 Å². The maximum atomic E-state index is 12.2. The molecule has 0 bridgehead atoms. The van der Waals surface area contributed by atoms with Crippen LogP contribution in [-0.4, -0.2) is 26.6 Å². The Hall–Kier alpha value is -2.02. The summed E-state index contributed by atoms with van der Waals surface area (Å²) in [6.45, 7) is 7.05. The van der Waals surface area contributed by atoms with Crippen LogP contribution in [0.4, 0.5) is 0 Å². The highest BCUT2D eigenvalue weighted by Gasteiger charge is 2.27. The third-order valence-corrected chi connectivity index (χ3v) is 4.18. The number of hydrogen-bond acceptors (Lipinski definition) is 2. The van der Waals surface area contributed by atoms with Gasteiger partial charge in [0.25, 0.3) is 0 Å². The molecule has 1 saturated carbocycles. The third kappa shape index (κ3) is 3.75. The maximum absolute atomic E-state index is 12.2. The number of aromatic nitrogens is 2. The first-order valence-electron chi connectivity index (χ1n) is 7.59. The standard InChI is InChI=1S/C17H23N3O/c1-4-14-7-9-16(10-8-14)20(17(21)5-2)13-15-11-12-19(6-3)18-15/h1,5,11-12,14,16H,2,6-10,13H2,3H3. The number of carbonyl (C=O) groups is 1. The lowest BCUT2D eigenvalue weighted by Crippen LogP contribution is -2.41. The van der Waals surface area contributed by atoms with Gasteiger partial charge in [-0.05, 0) is 44.7 Å². The second kappa shape index (κ2) is 7.12. The number of terminal acetylenes is 1. The van der Waals surface area contributed by atoms with E-state index in [4.69, 9.17) is 6.42 Å². The number of carbonyl (C=O) groups excluding carboxylic acids is 1. The summed E-state index contributed by atoms with van der Waals surface area (Å²) in [4.78, 5) is 14.1. The van der Waals surface area contributed by atoms with Crippen molar-refractivity contribution in [3.63, 3.8) is 0 Å². The molecular formula is C17H23N3O. The van der Waals surface area contributed by atoms with Gasteiger partial charge in [-0.2, -0.15) is 5.10 Å². The molecule has 112 valence electrons. The van der Waals surface area contributed by atoms with Crippen molar-refractivity contribution in [3.05, 3.63) is 30.6 Å². The molecule has 1 amide bonds. The van der Waals surface area contributed by atoms with Crippen LogP contribution in [0.25, 0.3) is 0 Å². The summed E-state index contributed by atoms with van der Waals surface area (Å²) >= 11 is 0. The minimum absolute atomic E-state index is 0.0230. The van der Waals surface area contributed by atoms with Crippen molar-refractivity contribution in [1.29, 1.82) is 0 Å². The lowest BCUT2D eigenvalue weighted by Gasteiger charge is -2.35. The number of aryl methyl sites for hydroxylation is 1. The zero-order chi connectivity index (χ0) is 15.2. The van der Waals surface area contributed by atoms with E-state index < -0.39 is 0 Å². The summed E-state index contributed by atoms with van der Waals surface area (Å²) in [7, 11) is 0. The van der Waals surface area contributed by atoms with Crippen LogP contribution >= 0.6 is 0 Å². The molecule has 1 aliphatic rings. The first-order chi connectivity index (χ1) is 10.2. The summed E-state index contributed by atoms with van der Waals surface area (Å²) in [5.41, 5.74) is 0.922. The van der Waals surface area contributed by atoms with E-state index in [1.807, 2.05) is 28.8 Å². The highest BCUT2D eigenvalue weighted by Crippen LogP contribution is 2.28. The Morgan fingerprint density at radius 2 is 2.29 bits per heavy atom. The lowest BCUT2D eigenvalue weighted by atomic mass is 9.85. The van der Waals surface area contributed by atoms with E-state index in [1.165, 1.54) is 6.08 Å². The number of nitrogens with zero attached hydrogens (tertiary/aromatic N) is 3. The number of amides is 1. The van der Waals surface area contributed by atoms with E-state index in [-0.39, 0.29) is 11.9 Å². The summed E-state index contributed by atoms with van der Waals surface area (Å²) in [6.07, 6.45) is 12.7. The van der Waals surface area contributed by atoms with Crippen molar-refractivity contribution in [2.24, 2.45) is 5.92 Å². The van der Waals surface area contributed by atoms with Gasteiger partial charge in [0, 0.05) is 24.7 Å². The molecule has 0 aromatic carbocycles. The summed E-state index contributed by atoms with van der Waals surface area (Å²) < 4.78 is 1.88. The Kier molecular flexibility index (Phi) is 5.21. The van der Waals surface area contributed by atoms with Crippen LogP contribution in [0.15, 0.2) is 24.9 Å². The molecular weight excluding hydrogens is 262 g/mol. The van der Waals surface area contributed by atoms with Gasteiger partial charge in [0.05, 0.1) is 12.2 Å². The second-order valence-electron chi connectivity index (χ2n) is 5.51. The predicted molar refractivity (Wildman–Crippen MR) is 83.2 cm³/mol. The normalized spacial score (nSPS) is 21.5. The van der Waals surface area contributed by atoms with Crippen molar-refractivity contribution in [2.45, 2.75) is 51.7 Å². The van der Waals surface area contributed by atoms with E-state index in [1.54, 1.807) is 0 Å². The molecule has 21 heavy (non-hydrogen) atoms. The molecule has 2 rings (SSSR count). The van der Waals surface area contributed by atoms with Crippen LogP contribution < -0.4 is 0 Å². The topological polar surface area (TPSA) is 38.1 Å². The highest BCUT2D eigenvalue weighted by atomic mass is 16.2. The fraction of sp³-hybridized carbons (Fsp3) is 0.529. The quantitative estimate of drug-likeness (QED) is 0.616. The molecule has 1 fully saturated rings. The van der Waals surface area contributed by atoms with Crippen molar-refractivity contribution in [1.82, 2.24) is 14.7 Å². The van der Waals surface area contributed by atoms with Gasteiger partial charge in [0.1, 0.15) is 0 Å². The van der Waals surface area contributed by atoms with Gasteiger partial charge in [-0.1, -0.05) is 6.58 Å². The predicted octanol–water partition coefficient (Wildman–Crippen LogP) is 2.61. The molecule has 4 nitrogen and oxygen atoms in total. The van der Waals surface area contributed by atoms with E-state index >= 15 is 0 Å². The molecule has 0 N–H and O–H groups in total. The lowest BCUT2D eigenvalue weighted by molar-refractivity contribution is -0.129. The number of rotatable bonds is 5. The molecule has 0 radical (unpaired) electrons. The van der Waals surface area contributed by atoms with Crippen LogP contribution in [0.3, 0.4) is 0 Å². The highest BCUT2D eigenvalue weighted by molar-refractivity contribution is 5.87. The Morgan fingerprint density at radius 3 is 2.81 bits per heavy atom. The molecule has 1 aromatic heterocycles. The van der Waals surface area contributed by atoms with Crippen LogP contribution in [-0.2, 0) is 17.9 Å². The first kappa shape index (κ1) is 15.4. The van der Waals surface area contributed by atoms with Gasteiger partial charge in [0.15, 0.2) is 0 Å². The zero-order valence-electron chi connectivity index (χ0n) is 12.7. The van der Waals surface area contributed by atoms with E-state index in [0.717, 1.165) is 37.9 Å². The van der Waals surface area contributed by atoms with Gasteiger partial charge in [-0.3, -0.25) is 9.48 Å². The van der Waals surface area contributed by atoms with Gasteiger partial charge in [-0.25, -0.2) is 0 Å². The molecule has 1 aromatic rings. The van der Waals surface area contributed by atoms with Crippen LogP contribution in [0.1, 0.15) is 38.3 Å².